The van der Waals surface area contributed by atoms with Crippen LogP contribution in [-0.4, -0.2) is 50.6 Å². The Labute approximate surface area is 162 Å². The molecule has 2 rings (SSSR count). The Morgan fingerprint density at radius 2 is 1.96 bits per heavy atom. The molecule has 0 bridgehead atoms. The van der Waals surface area contributed by atoms with Crippen molar-refractivity contribution in [2.75, 3.05) is 39.8 Å². The lowest BCUT2D eigenvalue weighted by molar-refractivity contribution is 0.223. The summed E-state index contributed by atoms with van der Waals surface area (Å²) in [5.41, 5.74) is 0.742. The number of nitrogens with one attached hydrogen (secondary N) is 2. The van der Waals surface area contributed by atoms with Crippen LogP contribution < -0.4 is 10.6 Å². The van der Waals surface area contributed by atoms with Gasteiger partial charge in [-0.05, 0) is 63.9 Å². The number of guanidine groups is 1. The standard InChI is InChI=1S/C18H29FN4.HI/c1-3-20-18(22-14-15-9-12-23(2)13-10-15)21-11-8-16-6-4-5-7-17(16)19;/h4-7,15H,3,8-14H2,1-2H3,(H2,20,21,22);1H. The predicted octanol–water partition coefficient (Wildman–Crippen LogP) is 2.88. The summed E-state index contributed by atoms with van der Waals surface area (Å²) in [5.74, 6) is 1.37. The third-order valence-electron chi connectivity index (χ3n) is 4.33. The lowest BCUT2D eigenvalue weighted by Crippen LogP contribution is -2.39. The topological polar surface area (TPSA) is 39.7 Å². The Hall–Kier alpha value is -0.890. The molecule has 24 heavy (non-hydrogen) atoms. The lowest BCUT2D eigenvalue weighted by atomic mass is 9.97. The summed E-state index contributed by atoms with van der Waals surface area (Å²) in [5, 5.41) is 6.57. The van der Waals surface area contributed by atoms with Gasteiger partial charge in [0.05, 0.1) is 0 Å². The highest BCUT2D eigenvalue weighted by atomic mass is 127. The second-order valence-electron chi connectivity index (χ2n) is 6.23. The molecule has 0 aromatic heterocycles. The maximum Gasteiger partial charge on any atom is 0.191 e. The molecule has 1 aliphatic heterocycles. The van der Waals surface area contributed by atoms with Gasteiger partial charge in [-0.3, -0.25) is 4.99 Å². The summed E-state index contributed by atoms with van der Waals surface area (Å²) < 4.78 is 13.6. The molecule has 1 saturated heterocycles. The van der Waals surface area contributed by atoms with E-state index in [9.17, 15) is 4.39 Å². The molecule has 2 N–H and O–H groups in total. The molecule has 0 aliphatic carbocycles. The van der Waals surface area contributed by atoms with Crippen molar-refractivity contribution in [3.8, 4) is 0 Å². The van der Waals surface area contributed by atoms with Crippen LogP contribution in [0.5, 0.6) is 0 Å². The molecular weight excluding hydrogens is 418 g/mol. The number of aliphatic imine (C=N–C) groups is 1. The van der Waals surface area contributed by atoms with E-state index in [0.29, 0.717) is 18.9 Å². The molecule has 1 aromatic carbocycles. The van der Waals surface area contributed by atoms with E-state index in [-0.39, 0.29) is 29.8 Å². The zero-order chi connectivity index (χ0) is 16.5. The minimum atomic E-state index is -0.137. The summed E-state index contributed by atoms with van der Waals surface area (Å²) in [7, 11) is 2.17. The highest BCUT2D eigenvalue weighted by molar-refractivity contribution is 14.0. The fraction of sp³-hybridized carbons (Fsp3) is 0.611. The average Bonchev–Trinajstić information content (AvgIpc) is 2.56. The SMILES string of the molecule is CCNC(=NCC1CCN(C)CC1)NCCc1ccccc1F.I. The van der Waals surface area contributed by atoms with E-state index in [4.69, 9.17) is 4.99 Å². The number of halogens is 2. The smallest absolute Gasteiger partial charge is 0.191 e. The Morgan fingerprint density at radius 3 is 2.62 bits per heavy atom. The van der Waals surface area contributed by atoms with Crippen LogP contribution in [0.25, 0.3) is 0 Å². The quantitative estimate of drug-likeness (QED) is 0.400. The minimum absolute atomic E-state index is 0. The Balaban J connectivity index is 0.00000288. The molecule has 1 fully saturated rings. The van der Waals surface area contributed by atoms with Crippen molar-refractivity contribution in [1.29, 1.82) is 0 Å². The van der Waals surface area contributed by atoms with Crippen LogP contribution >= 0.6 is 24.0 Å². The van der Waals surface area contributed by atoms with Gasteiger partial charge >= 0.3 is 0 Å². The van der Waals surface area contributed by atoms with E-state index in [2.05, 4.69) is 29.5 Å². The highest BCUT2D eigenvalue weighted by Gasteiger charge is 2.16. The van der Waals surface area contributed by atoms with Gasteiger partial charge in [0.15, 0.2) is 5.96 Å². The van der Waals surface area contributed by atoms with Crippen molar-refractivity contribution < 1.29 is 4.39 Å². The average molecular weight is 448 g/mol. The van der Waals surface area contributed by atoms with Crippen molar-refractivity contribution in [3.63, 3.8) is 0 Å². The first kappa shape index (κ1) is 21.2. The number of rotatable bonds is 6. The molecule has 0 spiro atoms. The van der Waals surface area contributed by atoms with Gasteiger partial charge in [-0.1, -0.05) is 18.2 Å². The van der Waals surface area contributed by atoms with E-state index >= 15 is 0 Å². The molecule has 6 heteroatoms. The second-order valence-corrected chi connectivity index (χ2v) is 6.23. The van der Waals surface area contributed by atoms with Gasteiger partial charge in [0, 0.05) is 19.6 Å². The van der Waals surface area contributed by atoms with Crippen LogP contribution in [0.2, 0.25) is 0 Å². The van der Waals surface area contributed by atoms with Crippen LogP contribution in [0, 0.1) is 11.7 Å². The van der Waals surface area contributed by atoms with E-state index in [1.165, 1.54) is 18.9 Å². The van der Waals surface area contributed by atoms with Crippen LogP contribution in [0.15, 0.2) is 29.3 Å². The number of hydrogen-bond donors (Lipinski definition) is 2. The zero-order valence-corrected chi connectivity index (χ0v) is 17.1. The maximum atomic E-state index is 13.6. The molecule has 1 aliphatic rings. The van der Waals surface area contributed by atoms with Gasteiger partial charge in [-0.2, -0.15) is 0 Å². The third kappa shape index (κ3) is 7.34. The third-order valence-corrected chi connectivity index (χ3v) is 4.33. The molecule has 1 aromatic rings. The van der Waals surface area contributed by atoms with Crippen LogP contribution in [-0.2, 0) is 6.42 Å². The first-order valence-electron chi connectivity index (χ1n) is 8.63. The minimum Gasteiger partial charge on any atom is -0.357 e. The summed E-state index contributed by atoms with van der Waals surface area (Å²) in [6.07, 6.45) is 3.09. The van der Waals surface area contributed by atoms with Gasteiger partial charge < -0.3 is 15.5 Å². The van der Waals surface area contributed by atoms with E-state index < -0.39 is 0 Å². The van der Waals surface area contributed by atoms with Gasteiger partial charge in [-0.15, -0.1) is 24.0 Å². The zero-order valence-electron chi connectivity index (χ0n) is 14.7. The molecule has 0 amide bonds. The summed E-state index contributed by atoms with van der Waals surface area (Å²) in [6.45, 7) is 6.76. The molecular formula is C18H30FIN4. The first-order chi connectivity index (χ1) is 11.2. The van der Waals surface area contributed by atoms with E-state index in [0.717, 1.165) is 37.7 Å². The fourth-order valence-electron chi connectivity index (χ4n) is 2.82. The monoisotopic (exact) mass is 448 g/mol. The fourth-order valence-corrected chi connectivity index (χ4v) is 2.82. The van der Waals surface area contributed by atoms with Crippen molar-refractivity contribution in [1.82, 2.24) is 15.5 Å². The second kappa shape index (κ2) is 11.6. The summed E-state index contributed by atoms with van der Waals surface area (Å²) in [4.78, 5) is 7.07. The van der Waals surface area contributed by atoms with Crippen LogP contribution in [0.1, 0.15) is 25.3 Å². The van der Waals surface area contributed by atoms with Crippen molar-refractivity contribution in [3.05, 3.63) is 35.6 Å². The molecule has 4 nitrogen and oxygen atoms in total. The summed E-state index contributed by atoms with van der Waals surface area (Å²) >= 11 is 0. The van der Waals surface area contributed by atoms with Gasteiger partial charge in [0.1, 0.15) is 5.82 Å². The molecule has 0 unspecified atom stereocenters. The van der Waals surface area contributed by atoms with Gasteiger partial charge in [-0.25, -0.2) is 4.39 Å². The molecule has 0 atom stereocenters. The highest BCUT2D eigenvalue weighted by Crippen LogP contribution is 2.15. The number of hydrogen-bond acceptors (Lipinski definition) is 2. The van der Waals surface area contributed by atoms with Crippen molar-refractivity contribution in [2.24, 2.45) is 10.9 Å². The largest absolute Gasteiger partial charge is 0.357 e. The Kier molecular flexibility index (Phi) is 10.2. The van der Waals surface area contributed by atoms with Crippen LogP contribution in [0.3, 0.4) is 0 Å². The molecule has 136 valence electrons. The number of likely N-dealkylation sites (tertiary alicyclic amines) is 1. The summed E-state index contributed by atoms with van der Waals surface area (Å²) in [6, 6.07) is 6.94. The molecule has 0 saturated carbocycles. The van der Waals surface area contributed by atoms with Gasteiger partial charge in [0.2, 0.25) is 0 Å². The number of nitrogens with zero attached hydrogens (tertiary/aromatic N) is 2. The lowest BCUT2D eigenvalue weighted by Gasteiger charge is -2.28. The molecule has 1 heterocycles. The Bertz CT molecular complexity index is 502. The first-order valence-corrected chi connectivity index (χ1v) is 8.63. The van der Waals surface area contributed by atoms with Crippen LogP contribution in [0.4, 0.5) is 4.39 Å². The van der Waals surface area contributed by atoms with E-state index in [1.54, 1.807) is 6.07 Å². The number of piperidine rings is 1. The Morgan fingerprint density at radius 1 is 1.25 bits per heavy atom. The van der Waals surface area contributed by atoms with Gasteiger partial charge in [0.25, 0.3) is 0 Å². The van der Waals surface area contributed by atoms with Crippen molar-refractivity contribution in [2.45, 2.75) is 26.2 Å². The van der Waals surface area contributed by atoms with E-state index in [1.807, 2.05) is 12.1 Å². The van der Waals surface area contributed by atoms with Crippen molar-refractivity contribution >= 4 is 29.9 Å². The molecule has 0 radical (unpaired) electrons. The number of benzene rings is 1. The normalized spacial score (nSPS) is 16.5. The maximum absolute atomic E-state index is 13.6. The predicted molar refractivity (Wildman–Crippen MR) is 110 cm³/mol.